The van der Waals surface area contributed by atoms with Crippen molar-refractivity contribution in [2.45, 2.75) is 44.1 Å². The molecule has 1 aliphatic heterocycles. The number of hydrogen-bond acceptors (Lipinski definition) is 4. The second-order valence-electron chi connectivity index (χ2n) is 6.88. The Bertz CT molecular complexity index is 700. The van der Waals surface area contributed by atoms with E-state index < -0.39 is 23.8 Å². The summed E-state index contributed by atoms with van der Waals surface area (Å²) >= 11 is 0. The Morgan fingerprint density at radius 3 is 2.31 bits per heavy atom. The van der Waals surface area contributed by atoms with Crippen LogP contribution in [0.1, 0.15) is 24.5 Å². The van der Waals surface area contributed by atoms with Gasteiger partial charge in [-0.05, 0) is 30.9 Å². The number of carbonyl (C=O) groups is 1. The molecule has 0 aromatic heterocycles. The number of aliphatic hydroxyl groups is 1. The van der Waals surface area contributed by atoms with Gasteiger partial charge in [0.2, 0.25) is 0 Å². The fourth-order valence-corrected chi connectivity index (χ4v) is 2.90. The minimum atomic E-state index is -0.782. The van der Waals surface area contributed by atoms with Crippen LogP contribution in [-0.2, 0) is 22.5 Å². The zero-order chi connectivity index (χ0) is 18.4. The number of aliphatic hydroxyl groups excluding tert-OH is 1. The fourth-order valence-electron chi connectivity index (χ4n) is 2.90. The molecule has 26 heavy (non-hydrogen) atoms. The molecule has 0 spiro atoms. The van der Waals surface area contributed by atoms with Crippen LogP contribution in [0, 0.1) is 0 Å². The van der Waals surface area contributed by atoms with Gasteiger partial charge in [0.15, 0.2) is 0 Å². The fraction of sp³-hybridized carbons (Fsp3) is 0.381. The molecule has 1 fully saturated rings. The predicted molar refractivity (Wildman–Crippen MR) is 98.7 cm³/mol. The minimum Gasteiger partial charge on any atom is -0.445 e. The summed E-state index contributed by atoms with van der Waals surface area (Å²) in [7, 11) is 0. The topological polar surface area (TPSA) is 71.1 Å². The van der Waals surface area contributed by atoms with Gasteiger partial charge in [-0.3, -0.25) is 0 Å². The molecule has 0 aliphatic carbocycles. The lowest BCUT2D eigenvalue weighted by Gasteiger charge is -2.26. The number of benzene rings is 2. The number of aryl methyl sites for hydroxylation is 1. The molecule has 1 heterocycles. The summed E-state index contributed by atoms with van der Waals surface area (Å²) < 4.78 is 10.7. The van der Waals surface area contributed by atoms with Crippen molar-refractivity contribution >= 4 is 6.09 Å². The standard InChI is InChI=1S/C21H25NO4/c1-21(15-26-21)19(23)18(13-12-16-8-4-2-5-9-16)22-20(24)25-14-17-10-6-3-7-11-17/h2-11,18-19,23H,12-15H2,1H3,(H,22,24)/t18-,19?,21-/m0/s1. The molecule has 1 amide bonds. The molecule has 1 saturated heterocycles. The molecule has 3 rings (SSSR count). The van der Waals surface area contributed by atoms with Crippen LogP contribution >= 0.6 is 0 Å². The number of rotatable bonds is 8. The lowest BCUT2D eigenvalue weighted by atomic mass is 9.93. The average molecular weight is 355 g/mol. The van der Waals surface area contributed by atoms with Gasteiger partial charge in [0, 0.05) is 0 Å². The molecule has 1 unspecified atom stereocenters. The molecule has 1 aliphatic rings. The number of carbonyl (C=O) groups excluding carboxylic acids is 1. The highest BCUT2D eigenvalue weighted by molar-refractivity contribution is 5.67. The SMILES string of the molecule is C[C@@]1(C(O)[C@H](CCc2ccccc2)NC(=O)OCc2ccccc2)CO1. The van der Waals surface area contributed by atoms with E-state index in [1.807, 2.05) is 67.6 Å². The van der Waals surface area contributed by atoms with Crippen molar-refractivity contribution in [1.82, 2.24) is 5.32 Å². The third-order valence-corrected chi connectivity index (χ3v) is 4.71. The van der Waals surface area contributed by atoms with Gasteiger partial charge < -0.3 is 19.9 Å². The second-order valence-corrected chi connectivity index (χ2v) is 6.88. The van der Waals surface area contributed by atoms with E-state index in [-0.39, 0.29) is 6.61 Å². The maximum atomic E-state index is 12.2. The van der Waals surface area contributed by atoms with Crippen LogP contribution in [-0.4, -0.2) is 35.6 Å². The molecule has 5 nitrogen and oxygen atoms in total. The van der Waals surface area contributed by atoms with Gasteiger partial charge in [-0.15, -0.1) is 0 Å². The van der Waals surface area contributed by atoms with Crippen LogP contribution < -0.4 is 5.32 Å². The molecular formula is C21H25NO4. The first kappa shape index (κ1) is 18.4. The van der Waals surface area contributed by atoms with E-state index in [0.29, 0.717) is 13.0 Å². The molecule has 0 bridgehead atoms. The van der Waals surface area contributed by atoms with Gasteiger partial charge in [0.05, 0.1) is 12.6 Å². The van der Waals surface area contributed by atoms with Crippen LogP contribution in [0.3, 0.4) is 0 Å². The Morgan fingerprint density at radius 2 is 1.73 bits per heavy atom. The Morgan fingerprint density at radius 1 is 1.15 bits per heavy atom. The average Bonchev–Trinajstić information content (AvgIpc) is 3.43. The lowest BCUT2D eigenvalue weighted by molar-refractivity contribution is 0.0444. The number of amides is 1. The molecule has 2 aromatic rings. The summed E-state index contributed by atoms with van der Waals surface area (Å²) in [4.78, 5) is 12.2. The van der Waals surface area contributed by atoms with Gasteiger partial charge in [-0.2, -0.15) is 0 Å². The molecular weight excluding hydrogens is 330 g/mol. The monoisotopic (exact) mass is 355 g/mol. The van der Waals surface area contributed by atoms with Crippen LogP contribution in [0.5, 0.6) is 0 Å². The molecule has 5 heteroatoms. The largest absolute Gasteiger partial charge is 0.445 e. The molecule has 2 aromatic carbocycles. The number of hydrogen-bond donors (Lipinski definition) is 2. The minimum absolute atomic E-state index is 0.196. The molecule has 0 saturated carbocycles. The molecule has 0 radical (unpaired) electrons. The number of ether oxygens (including phenoxy) is 2. The van der Waals surface area contributed by atoms with E-state index in [9.17, 15) is 9.90 Å². The van der Waals surface area contributed by atoms with E-state index >= 15 is 0 Å². The molecule has 2 N–H and O–H groups in total. The van der Waals surface area contributed by atoms with Crippen molar-refractivity contribution < 1.29 is 19.4 Å². The summed E-state index contributed by atoms with van der Waals surface area (Å²) in [6, 6.07) is 19.1. The van der Waals surface area contributed by atoms with Gasteiger partial charge in [-0.25, -0.2) is 4.79 Å². The highest BCUT2D eigenvalue weighted by atomic mass is 16.6. The van der Waals surface area contributed by atoms with Crippen LogP contribution in [0.15, 0.2) is 60.7 Å². The third-order valence-electron chi connectivity index (χ3n) is 4.71. The maximum Gasteiger partial charge on any atom is 0.407 e. The van der Waals surface area contributed by atoms with Crippen molar-refractivity contribution in [2.75, 3.05) is 6.61 Å². The van der Waals surface area contributed by atoms with Crippen molar-refractivity contribution in [3.63, 3.8) is 0 Å². The van der Waals surface area contributed by atoms with Gasteiger partial charge >= 0.3 is 6.09 Å². The van der Waals surface area contributed by atoms with Gasteiger partial charge in [0.1, 0.15) is 18.3 Å². The zero-order valence-corrected chi connectivity index (χ0v) is 14.9. The van der Waals surface area contributed by atoms with Gasteiger partial charge in [0.25, 0.3) is 0 Å². The first-order valence-corrected chi connectivity index (χ1v) is 8.90. The Labute approximate surface area is 153 Å². The molecule has 138 valence electrons. The highest BCUT2D eigenvalue weighted by Gasteiger charge is 2.49. The lowest BCUT2D eigenvalue weighted by Crippen LogP contribution is -2.49. The van der Waals surface area contributed by atoms with Crippen molar-refractivity contribution in [3.8, 4) is 0 Å². The predicted octanol–water partition coefficient (Wildman–Crippen LogP) is 3.06. The van der Waals surface area contributed by atoms with E-state index in [1.165, 1.54) is 0 Å². The van der Waals surface area contributed by atoms with Crippen molar-refractivity contribution in [3.05, 3.63) is 71.8 Å². The van der Waals surface area contributed by atoms with Gasteiger partial charge in [-0.1, -0.05) is 60.7 Å². The third kappa shape index (κ3) is 5.07. The smallest absolute Gasteiger partial charge is 0.407 e. The first-order valence-electron chi connectivity index (χ1n) is 8.90. The highest BCUT2D eigenvalue weighted by Crippen LogP contribution is 2.32. The van der Waals surface area contributed by atoms with Crippen LogP contribution in [0.25, 0.3) is 0 Å². The van der Waals surface area contributed by atoms with Crippen LogP contribution in [0.4, 0.5) is 4.79 Å². The Hall–Kier alpha value is -2.37. The summed E-state index contributed by atoms with van der Waals surface area (Å²) in [5.41, 5.74) is 1.49. The molecule has 3 atom stereocenters. The summed E-state index contributed by atoms with van der Waals surface area (Å²) in [5, 5.41) is 13.4. The van der Waals surface area contributed by atoms with Crippen molar-refractivity contribution in [1.29, 1.82) is 0 Å². The Balaban J connectivity index is 1.56. The normalized spacial score (nSPS) is 20.8. The number of epoxide rings is 1. The Kier molecular flexibility index (Phi) is 5.91. The van der Waals surface area contributed by atoms with E-state index in [4.69, 9.17) is 9.47 Å². The maximum absolute atomic E-state index is 12.2. The van der Waals surface area contributed by atoms with E-state index in [1.54, 1.807) is 0 Å². The van der Waals surface area contributed by atoms with E-state index in [2.05, 4.69) is 5.32 Å². The van der Waals surface area contributed by atoms with E-state index in [0.717, 1.165) is 17.5 Å². The quantitative estimate of drug-likeness (QED) is 0.714. The number of nitrogens with one attached hydrogen (secondary N) is 1. The number of alkyl carbamates (subject to hydrolysis) is 1. The first-order chi connectivity index (χ1) is 12.6. The summed E-state index contributed by atoms with van der Waals surface area (Å²) in [6.07, 6.45) is 0.0352. The summed E-state index contributed by atoms with van der Waals surface area (Å²) in [6.45, 7) is 2.54. The van der Waals surface area contributed by atoms with Crippen molar-refractivity contribution in [2.24, 2.45) is 0 Å². The summed E-state index contributed by atoms with van der Waals surface area (Å²) in [5.74, 6) is 0. The zero-order valence-electron chi connectivity index (χ0n) is 14.9. The second kappa shape index (κ2) is 8.34. The van der Waals surface area contributed by atoms with Crippen LogP contribution in [0.2, 0.25) is 0 Å².